The predicted molar refractivity (Wildman–Crippen MR) is 70.7 cm³/mol. The molecule has 96 valence electrons. The lowest BCUT2D eigenvalue weighted by molar-refractivity contribution is 0.207. The van der Waals surface area contributed by atoms with Crippen molar-refractivity contribution in [1.82, 2.24) is 5.32 Å². The number of aliphatic hydroxyl groups is 1. The summed E-state index contributed by atoms with van der Waals surface area (Å²) in [6.45, 7) is 4.50. The fourth-order valence-corrected chi connectivity index (χ4v) is 1.92. The molecule has 0 saturated carbocycles. The Kier molecular flexibility index (Phi) is 5.53. The highest BCUT2D eigenvalue weighted by Crippen LogP contribution is 2.31. The number of hydrogen-bond donors (Lipinski definition) is 3. The van der Waals surface area contributed by atoms with Crippen LogP contribution < -0.4 is 5.32 Å². The van der Waals surface area contributed by atoms with E-state index in [9.17, 15) is 5.11 Å². The standard InChI is InChI=1S/C12H17Cl2NO2/c1-7(6-16)8(2)15-5-9-3-10(13)4-11(14)12(9)17/h3-4,7-8,15-17H,5-6H2,1-2H3. The summed E-state index contributed by atoms with van der Waals surface area (Å²) in [6.07, 6.45) is 0. The Balaban J connectivity index is 2.69. The van der Waals surface area contributed by atoms with Gasteiger partial charge < -0.3 is 15.5 Å². The Labute approximate surface area is 111 Å². The topological polar surface area (TPSA) is 52.5 Å². The minimum Gasteiger partial charge on any atom is -0.506 e. The minimum atomic E-state index is 0.0485. The minimum absolute atomic E-state index is 0.0485. The van der Waals surface area contributed by atoms with E-state index in [1.54, 1.807) is 6.07 Å². The summed E-state index contributed by atoms with van der Waals surface area (Å²) >= 11 is 11.7. The highest BCUT2D eigenvalue weighted by molar-refractivity contribution is 6.35. The molecule has 17 heavy (non-hydrogen) atoms. The maximum absolute atomic E-state index is 9.75. The number of halogens is 2. The van der Waals surface area contributed by atoms with E-state index in [1.807, 2.05) is 13.8 Å². The highest BCUT2D eigenvalue weighted by Gasteiger charge is 2.13. The largest absolute Gasteiger partial charge is 0.506 e. The fourth-order valence-electron chi connectivity index (χ4n) is 1.38. The number of hydrogen-bond acceptors (Lipinski definition) is 3. The van der Waals surface area contributed by atoms with Crippen LogP contribution in [-0.4, -0.2) is 22.9 Å². The molecule has 3 nitrogen and oxygen atoms in total. The van der Waals surface area contributed by atoms with Crippen molar-refractivity contribution in [2.24, 2.45) is 5.92 Å². The van der Waals surface area contributed by atoms with Crippen LogP contribution >= 0.6 is 23.2 Å². The third kappa shape index (κ3) is 4.03. The van der Waals surface area contributed by atoms with E-state index in [1.165, 1.54) is 6.07 Å². The van der Waals surface area contributed by atoms with Crippen LogP contribution in [0.3, 0.4) is 0 Å². The van der Waals surface area contributed by atoms with Gasteiger partial charge in [-0.3, -0.25) is 0 Å². The number of benzene rings is 1. The van der Waals surface area contributed by atoms with E-state index in [0.717, 1.165) is 0 Å². The summed E-state index contributed by atoms with van der Waals surface area (Å²) in [4.78, 5) is 0. The Morgan fingerprint density at radius 3 is 2.53 bits per heavy atom. The number of aliphatic hydroxyl groups excluding tert-OH is 1. The Morgan fingerprint density at radius 2 is 1.94 bits per heavy atom. The molecule has 0 heterocycles. The van der Waals surface area contributed by atoms with Crippen LogP contribution in [-0.2, 0) is 6.54 Å². The van der Waals surface area contributed by atoms with E-state index < -0.39 is 0 Å². The fraction of sp³-hybridized carbons (Fsp3) is 0.500. The molecule has 0 bridgehead atoms. The van der Waals surface area contributed by atoms with E-state index in [0.29, 0.717) is 17.1 Å². The maximum atomic E-state index is 9.75. The van der Waals surface area contributed by atoms with Crippen molar-refractivity contribution in [3.63, 3.8) is 0 Å². The van der Waals surface area contributed by atoms with Gasteiger partial charge in [-0.25, -0.2) is 0 Å². The number of rotatable bonds is 5. The average Bonchev–Trinajstić information content (AvgIpc) is 2.30. The van der Waals surface area contributed by atoms with Gasteiger partial charge in [0, 0.05) is 29.8 Å². The molecule has 2 unspecified atom stereocenters. The zero-order valence-electron chi connectivity index (χ0n) is 9.87. The first-order chi connectivity index (χ1) is 7.95. The van der Waals surface area contributed by atoms with Crippen LogP contribution in [0.2, 0.25) is 10.0 Å². The highest BCUT2D eigenvalue weighted by atomic mass is 35.5. The first-order valence-corrected chi connectivity index (χ1v) is 6.22. The summed E-state index contributed by atoms with van der Waals surface area (Å²) in [6, 6.07) is 3.31. The molecule has 1 aromatic rings. The molecule has 0 radical (unpaired) electrons. The zero-order valence-corrected chi connectivity index (χ0v) is 11.4. The monoisotopic (exact) mass is 277 g/mol. The van der Waals surface area contributed by atoms with Crippen molar-refractivity contribution < 1.29 is 10.2 Å². The molecule has 0 amide bonds. The smallest absolute Gasteiger partial charge is 0.138 e. The number of aromatic hydroxyl groups is 1. The molecule has 0 aliphatic carbocycles. The lowest BCUT2D eigenvalue weighted by atomic mass is 10.0. The summed E-state index contributed by atoms with van der Waals surface area (Å²) < 4.78 is 0. The van der Waals surface area contributed by atoms with E-state index in [4.69, 9.17) is 28.3 Å². The van der Waals surface area contributed by atoms with Crippen molar-refractivity contribution >= 4 is 23.2 Å². The molecule has 1 aromatic carbocycles. The van der Waals surface area contributed by atoms with Crippen LogP contribution in [0.15, 0.2) is 12.1 Å². The number of nitrogens with one attached hydrogen (secondary N) is 1. The molecule has 0 spiro atoms. The van der Waals surface area contributed by atoms with Crippen LogP contribution in [0.25, 0.3) is 0 Å². The zero-order chi connectivity index (χ0) is 13.0. The summed E-state index contributed by atoms with van der Waals surface area (Å²) in [7, 11) is 0. The van der Waals surface area contributed by atoms with Gasteiger partial charge in [-0.15, -0.1) is 0 Å². The van der Waals surface area contributed by atoms with E-state index in [2.05, 4.69) is 5.32 Å². The van der Waals surface area contributed by atoms with Gasteiger partial charge in [-0.2, -0.15) is 0 Å². The molecular formula is C12H17Cl2NO2. The predicted octanol–water partition coefficient (Wildman–Crippen LogP) is 2.81. The van der Waals surface area contributed by atoms with Crippen LogP contribution in [0.4, 0.5) is 0 Å². The Morgan fingerprint density at radius 1 is 1.29 bits per heavy atom. The SMILES string of the molecule is CC(CO)C(C)NCc1cc(Cl)cc(Cl)c1O. The van der Waals surface area contributed by atoms with Crippen molar-refractivity contribution in [2.45, 2.75) is 26.4 Å². The normalized spacial score (nSPS) is 14.6. The van der Waals surface area contributed by atoms with Crippen molar-refractivity contribution in [3.05, 3.63) is 27.7 Å². The number of phenolic OH excluding ortho intramolecular Hbond substituents is 1. The summed E-state index contributed by atoms with van der Waals surface area (Å²) in [5.74, 6) is 0.194. The molecule has 5 heteroatoms. The molecule has 0 aliphatic heterocycles. The molecule has 2 atom stereocenters. The van der Waals surface area contributed by atoms with E-state index in [-0.39, 0.29) is 29.3 Å². The third-order valence-corrected chi connectivity index (χ3v) is 3.37. The van der Waals surface area contributed by atoms with Crippen LogP contribution in [0, 0.1) is 5.92 Å². The second kappa shape index (κ2) is 6.45. The number of phenols is 1. The van der Waals surface area contributed by atoms with Crippen molar-refractivity contribution in [1.29, 1.82) is 0 Å². The average molecular weight is 278 g/mol. The van der Waals surface area contributed by atoms with Gasteiger partial charge in [0.15, 0.2) is 0 Å². The molecule has 0 aliphatic rings. The Bertz CT molecular complexity index is 385. The van der Waals surface area contributed by atoms with E-state index >= 15 is 0 Å². The second-order valence-corrected chi connectivity index (χ2v) is 5.07. The van der Waals surface area contributed by atoms with Crippen molar-refractivity contribution in [3.8, 4) is 5.75 Å². The first-order valence-electron chi connectivity index (χ1n) is 5.46. The van der Waals surface area contributed by atoms with Crippen LogP contribution in [0.1, 0.15) is 19.4 Å². The Hall–Kier alpha value is -0.480. The van der Waals surface area contributed by atoms with Gasteiger partial charge in [-0.05, 0) is 25.0 Å². The maximum Gasteiger partial charge on any atom is 0.138 e. The second-order valence-electron chi connectivity index (χ2n) is 4.22. The van der Waals surface area contributed by atoms with Gasteiger partial charge in [-0.1, -0.05) is 30.1 Å². The lowest BCUT2D eigenvalue weighted by Gasteiger charge is -2.19. The molecular weight excluding hydrogens is 261 g/mol. The molecule has 3 N–H and O–H groups in total. The van der Waals surface area contributed by atoms with Gasteiger partial charge in [0.05, 0.1) is 5.02 Å². The van der Waals surface area contributed by atoms with Gasteiger partial charge >= 0.3 is 0 Å². The first kappa shape index (κ1) is 14.6. The lowest BCUT2D eigenvalue weighted by Crippen LogP contribution is -2.33. The quantitative estimate of drug-likeness (QED) is 0.776. The van der Waals surface area contributed by atoms with Gasteiger partial charge in [0.25, 0.3) is 0 Å². The van der Waals surface area contributed by atoms with Crippen molar-refractivity contribution in [2.75, 3.05) is 6.61 Å². The molecule has 1 rings (SSSR count). The molecule has 0 fully saturated rings. The summed E-state index contributed by atoms with van der Waals surface area (Å²) in [5, 5.41) is 22.7. The summed E-state index contributed by atoms with van der Waals surface area (Å²) in [5.41, 5.74) is 0.652. The third-order valence-electron chi connectivity index (χ3n) is 2.86. The molecule has 0 saturated heterocycles. The molecule has 0 aromatic heterocycles. The van der Waals surface area contributed by atoms with Gasteiger partial charge in [0.1, 0.15) is 5.75 Å². The van der Waals surface area contributed by atoms with Gasteiger partial charge in [0.2, 0.25) is 0 Å². The van der Waals surface area contributed by atoms with Crippen LogP contribution in [0.5, 0.6) is 5.75 Å².